The molecule has 1 fully saturated rings. The van der Waals surface area contributed by atoms with Crippen molar-refractivity contribution in [2.45, 2.75) is 44.9 Å². The second-order valence-electron chi connectivity index (χ2n) is 10.2. The number of carbonyl (C=O) groups is 2. The Hall–Kier alpha value is -4.18. The summed E-state index contributed by atoms with van der Waals surface area (Å²) in [7, 11) is -4.03. The Labute approximate surface area is 241 Å². The van der Waals surface area contributed by atoms with Crippen LogP contribution in [-0.2, 0) is 19.6 Å². The molecule has 0 saturated carbocycles. The van der Waals surface area contributed by atoms with Crippen LogP contribution in [0.5, 0.6) is 5.75 Å². The van der Waals surface area contributed by atoms with Crippen LogP contribution in [-0.4, -0.2) is 57.6 Å². The summed E-state index contributed by atoms with van der Waals surface area (Å²) in [6.45, 7) is 6.66. The fourth-order valence-electron chi connectivity index (χ4n) is 4.50. The molecule has 1 aliphatic rings. The van der Waals surface area contributed by atoms with E-state index in [4.69, 9.17) is 4.74 Å². The van der Waals surface area contributed by atoms with Gasteiger partial charge in [-0.1, -0.05) is 29.8 Å². The first-order valence-electron chi connectivity index (χ1n) is 13.6. The molecule has 2 amide bonds. The number of amides is 2. The maximum atomic E-state index is 13.6. The van der Waals surface area contributed by atoms with Crippen molar-refractivity contribution in [3.05, 3.63) is 89.0 Å². The first-order chi connectivity index (χ1) is 19.6. The van der Waals surface area contributed by atoms with Gasteiger partial charge in [-0.15, -0.1) is 0 Å². The molecule has 0 atom stereocenters. The monoisotopic (exact) mass is 576 g/mol. The molecule has 216 valence electrons. The van der Waals surface area contributed by atoms with Gasteiger partial charge < -0.3 is 9.64 Å². The molecule has 41 heavy (non-hydrogen) atoms. The highest BCUT2D eigenvalue weighted by molar-refractivity contribution is 7.92. The topological polar surface area (TPSA) is 108 Å². The number of piperidine rings is 1. The fourth-order valence-corrected chi connectivity index (χ4v) is 5.98. The third-order valence-corrected chi connectivity index (χ3v) is 8.66. The van der Waals surface area contributed by atoms with E-state index in [1.807, 2.05) is 30.9 Å². The van der Waals surface area contributed by atoms with Gasteiger partial charge in [0.1, 0.15) is 12.3 Å². The summed E-state index contributed by atoms with van der Waals surface area (Å²) in [4.78, 5) is 27.1. The normalized spacial score (nSPS) is 13.7. The lowest BCUT2D eigenvalue weighted by molar-refractivity contribution is -0.134. The molecule has 1 saturated heterocycles. The van der Waals surface area contributed by atoms with Crippen molar-refractivity contribution < 1.29 is 22.7 Å². The summed E-state index contributed by atoms with van der Waals surface area (Å²) in [5.74, 6) is -0.0478. The third kappa shape index (κ3) is 7.94. The molecule has 0 bridgehead atoms. The lowest BCUT2D eigenvalue weighted by Crippen LogP contribution is -2.40. The van der Waals surface area contributed by atoms with Crippen molar-refractivity contribution >= 4 is 33.7 Å². The number of nitrogens with zero attached hydrogens (tertiary/aromatic N) is 3. The smallest absolute Gasteiger partial charge is 0.264 e. The highest BCUT2D eigenvalue weighted by atomic mass is 32.2. The Morgan fingerprint density at radius 1 is 0.927 bits per heavy atom. The maximum Gasteiger partial charge on any atom is 0.264 e. The van der Waals surface area contributed by atoms with Crippen LogP contribution in [0.4, 0.5) is 5.69 Å². The summed E-state index contributed by atoms with van der Waals surface area (Å²) in [5, 5.41) is 4.01. The summed E-state index contributed by atoms with van der Waals surface area (Å²) < 4.78 is 34.0. The molecule has 4 rings (SSSR count). The quantitative estimate of drug-likeness (QED) is 0.285. The number of carbonyl (C=O) groups excluding carboxylic acids is 2. The van der Waals surface area contributed by atoms with Gasteiger partial charge in [0, 0.05) is 13.1 Å². The summed E-state index contributed by atoms with van der Waals surface area (Å²) in [6.07, 6.45) is 4.67. The van der Waals surface area contributed by atoms with Gasteiger partial charge in [0.2, 0.25) is 0 Å². The number of rotatable bonds is 10. The van der Waals surface area contributed by atoms with E-state index in [0.717, 1.165) is 53.3 Å². The molecule has 0 unspecified atom stereocenters. The predicted octanol–water partition coefficient (Wildman–Crippen LogP) is 4.35. The number of nitrogens with one attached hydrogen (secondary N) is 1. The molecule has 3 aromatic carbocycles. The zero-order valence-corrected chi connectivity index (χ0v) is 24.5. The Bertz CT molecular complexity index is 1500. The van der Waals surface area contributed by atoms with E-state index in [0.29, 0.717) is 17.0 Å². The van der Waals surface area contributed by atoms with E-state index >= 15 is 0 Å². The largest absolute Gasteiger partial charge is 0.484 e. The number of anilines is 1. The summed E-state index contributed by atoms with van der Waals surface area (Å²) in [6, 6.07) is 18.9. The molecule has 1 aliphatic heterocycles. The average molecular weight is 577 g/mol. The minimum absolute atomic E-state index is 0.00803. The van der Waals surface area contributed by atoms with Gasteiger partial charge in [0.25, 0.3) is 21.8 Å². The lowest BCUT2D eigenvalue weighted by atomic mass is 10.1. The number of aryl methyl sites for hydroxylation is 3. The van der Waals surface area contributed by atoms with E-state index in [1.54, 1.807) is 49.4 Å². The predicted molar refractivity (Wildman–Crippen MR) is 160 cm³/mol. The minimum Gasteiger partial charge on any atom is -0.484 e. The third-order valence-electron chi connectivity index (χ3n) is 6.88. The summed E-state index contributed by atoms with van der Waals surface area (Å²) >= 11 is 0. The highest BCUT2D eigenvalue weighted by Gasteiger charge is 2.28. The van der Waals surface area contributed by atoms with Crippen molar-refractivity contribution in [1.82, 2.24) is 10.3 Å². The Morgan fingerprint density at radius 2 is 1.59 bits per heavy atom. The van der Waals surface area contributed by atoms with Crippen molar-refractivity contribution in [1.29, 1.82) is 0 Å². The molecule has 3 aromatic rings. The van der Waals surface area contributed by atoms with Gasteiger partial charge in [0.15, 0.2) is 6.61 Å². The van der Waals surface area contributed by atoms with E-state index in [9.17, 15) is 18.0 Å². The Kier molecular flexibility index (Phi) is 9.78. The van der Waals surface area contributed by atoms with Crippen molar-refractivity contribution in [3.63, 3.8) is 0 Å². The molecule has 1 heterocycles. The molecule has 0 aromatic heterocycles. The van der Waals surface area contributed by atoms with Crippen LogP contribution in [0.15, 0.2) is 76.7 Å². The Balaban J connectivity index is 1.39. The van der Waals surface area contributed by atoms with Crippen molar-refractivity contribution in [2.24, 2.45) is 5.10 Å². The zero-order valence-electron chi connectivity index (χ0n) is 23.7. The maximum absolute atomic E-state index is 13.6. The standard InChI is InChI=1S/C31H36N4O5S/c1-23-8-15-28(16-9-23)41(38,39)35(29-19-24(2)7-10-25(29)3)21-30(36)33-32-20-26-11-13-27(14-12-26)40-22-31(37)34-17-5-4-6-18-34/h7-16,19-20H,4-6,17-18,21-22H2,1-3H3,(H,33,36)/b32-20-. The number of sulfonamides is 1. The van der Waals surface area contributed by atoms with E-state index < -0.39 is 22.5 Å². The number of hydrogen-bond acceptors (Lipinski definition) is 6. The average Bonchev–Trinajstić information content (AvgIpc) is 2.97. The van der Waals surface area contributed by atoms with Crippen LogP contribution in [0.2, 0.25) is 0 Å². The van der Waals surface area contributed by atoms with E-state index in [2.05, 4.69) is 10.5 Å². The zero-order chi connectivity index (χ0) is 29.4. The molecule has 0 aliphatic carbocycles. The van der Waals surface area contributed by atoms with Crippen molar-refractivity contribution in [2.75, 3.05) is 30.5 Å². The van der Waals surface area contributed by atoms with Crippen LogP contribution in [0.3, 0.4) is 0 Å². The second-order valence-corrected chi connectivity index (χ2v) is 12.1. The first-order valence-corrected chi connectivity index (χ1v) is 15.1. The van der Waals surface area contributed by atoms with Gasteiger partial charge in [-0.25, -0.2) is 13.8 Å². The molecular weight excluding hydrogens is 540 g/mol. The summed E-state index contributed by atoms with van der Waals surface area (Å²) in [5.41, 5.74) is 6.08. The second kappa shape index (κ2) is 13.5. The van der Waals surface area contributed by atoms with Crippen LogP contribution in [0.1, 0.15) is 41.5 Å². The highest BCUT2D eigenvalue weighted by Crippen LogP contribution is 2.28. The molecular formula is C31H36N4O5S. The van der Waals surface area contributed by atoms with Gasteiger partial charge in [-0.2, -0.15) is 5.10 Å². The number of benzene rings is 3. The SMILES string of the molecule is Cc1ccc(S(=O)(=O)N(CC(=O)N/N=C\c2ccc(OCC(=O)N3CCCCC3)cc2)c2cc(C)ccc2C)cc1. The van der Waals surface area contributed by atoms with Crippen LogP contribution in [0.25, 0.3) is 0 Å². The lowest BCUT2D eigenvalue weighted by Gasteiger charge is -2.26. The van der Waals surface area contributed by atoms with E-state index in [1.165, 1.54) is 18.3 Å². The number of likely N-dealkylation sites (tertiary alicyclic amines) is 1. The van der Waals surface area contributed by atoms with Gasteiger partial charge in [-0.05, 0) is 99.2 Å². The van der Waals surface area contributed by atoms with Gasteiger partial charge in [0.05, 0.1) is 16.8 Å². The van der Waals surface area contributed by atoms with Crippen LogP contribution >= 0.6 is 0 Å². The number of hydrogen-bond donors (Lipinski definition) is 1. The number of hydrazone groups is 1. The van der Waals surface area contributed by atoms with Crippen LogP contribution < -0.4 is 14.5 Å². The van der Waals surface area contributed by atoms with E-state index in [-0.39, 0.29) is 17.4 Å². The minimum atomic E-state index is -4.03. The molecule has 0 radical (unpaired) electrons. The number of ether oxygens (including phenoxy) is 1. The fraction of sp³-hybridized carbons (Fsp3) is 0.323. The van der Waals surface area contributed by atoms with Gasteiger partial charge >= 0.3 is 0 Å². The van der Waals surface area contributed by atoms with Crippen molar-refractivity contribution in [3.8, 4) is 5.75 Å². The molecule has 10 heteroatoms. The Morgan fingerprint density at radius 3 is 2.27 bits per heavy atom. The van der Waals surface area contributed by atoms with Crippen LogP contribution in [0, 0.1) is 20.8 Å². The molecule has 0 spiro atoms. The molecule has 1 N–H and O–H groups in total. The molecule has 9 nitrogen and oxygen atoms in total. The van der Waals surface area contributed by atoms with Gasteiger partial charge in [-0.3, -0.25) is 13.9 Å². The first kappa shape index (κ1) is 29.8.